The fraction of sp³-hybridized carbons (Fsp3) is 0.0588. The van der Waals surface area contributed by atoms with E-state index in [2.05, 4.69) is 15.5 Å². The molecule has 0 saturated heterocycles. The second kappa shape index (κ2) is 6.23. The zero-order valence-electron chi connectivity index (χ0n) is 12.3. The first-order valence-electron chi connectivity index (χ1n) is 7.10. The summed E-state index contributed by atoms with van der Waals surface area (Å²) in [5, 5.41) is 19.9. The van der Waals surface area contributed by atoms with Crippen molar-refractivity contribution in [3.8, 4) is 5.75 Å². The predicted molar refractivity (Wildman–Crippen MR) is 89.5 cm³/mol. The van der Waals surface area contributed by atoms with Gasteiger partial charge in [-0.1, -0.05) is 24.3 Å². The summed E-state index contributed by atoms with van der Waals surface area (Å²) in [5.74, 6) is 0.352. The largest absolute Gasteiger partial charge is 0.508 e. The third-order valence-electron chi connectivity index (χ3n) is 3.49. The van der Waals surface area contributed by atoms with Crippen molar-refractivity contribution < 1.29 is 9.90 Å². The van der Waals surface area contributed by atoms with E-state index in [-0.39, 0.29) is 18.2 Å². The molecule has 0 aliphatic rings. The van der Waals surface area contributed by atoms with Gasteiger partial charge in [0.15, 0.2) is 5.82 Å². The summed E-state index contributed by atoms with van der Waals surface area (Å²) in [7, 11) is 0. The maximum Gasteiger partial charge on any atom is 0.244 e. The number of aromatic hydroxyl groups is 1. The summed E-state index contributed by atoms with van der Waals surface area (Å²) >= 11 is 0. The van der Waals surface area contributed by atoms with E-state index < -0.39 is 0 Å². The monoisotopic (exact) mass is 308 g/mol. The minimum Gasteiger partial charge on any atom is -0.508 e. The quantitative estimate of drug-likeness (QED) is 0.554. The molecule has 0 aliphatic carbocycles. The molecule has 0 radical (unpaired) electrons. The van der Waals surface area contributed by atoms with Gasteiger partial charge < -0.3 is 16.2 Å². The Morgan fingerprint density at radius 1 is 1.30 bits per heavy atom. The molecule has 0 bridgehead atoms. The summed E-state index contributed by atoms with van der Waals surface area (Å²) < 4.78 is 0. The number of aromatic nitrogens is 2. The molecule has 1 heterocycles. The summed E-state index contributed by atoms with van der Waals surface area (Å²) in [4.78, 5) is 11.9. The lowest BCUT2D eigenvalue weighted by atomic mass is 10.1. The Bertz CT molecular complexity index is 883. The number of rotatable bonds is 4. The number of carbonyl (C=O) groups excluding carboxylic acids is 1. The number of nitrogens with zero attached hydrogens (tertiary/aromatic N) is 1. The number of nitrogens with one attached hydrogen (secondary N) is 2. The van der Waals surface area contributed by atoms with Crippen molar-refractivity contribution in [2.45, 2.75) is 6.54 Å². The molecule has 23 heavy (non-hydrogen) atoms. The van der Waals surface area contributed by atoms with Gasteiger partial charge in [-0.3, -0.25) is 9.89 Å². The van der Waals surface area contributed by atoms with E-state index in [1.54, 1.807) is 24.3 Å². The number of aromatic amines is 1. The Balaban J connectivity index is 1.65. The lowest BCUT2D eigenvalue weighted by Crippen LogP contribution is -2.20. The number of carbonyl (C=O) groups is 1. The molecule has 0 saturated carbocycles. The average molecular weight is 308 g/mol. The van der Waals surface area contributed by atoms with Crippen molar-refractivity contribution in [1.29, 1.82) is 0 Å². The van der Waals surface area contributed by atoms with Gasteiger partial charge >= 0.3 is 0 Å². The SMILES string of the molecule is Nc1n[nH]c2ccc(C=CC(=O)NCc3ccccc3O)cc12. The molecule has 0 atom stereocenters. The molecule has 1 amide bonds. The third kappa shape index (κ3) is 3.32. The Hall–Kier alpha value is -3.28. The molecule has 116 valence electrons. The Morgan fingerprint density at radius 2 is 2.13 bits per heavy atom. The molecule has 1 aromatic heterocycles. The van der Waals surface area contributed by atoms with E-state index in [4.69, 9.17) is 5.73 Å². The van der Waals surface area contributed by atoms with Crippen LogP contribution in [0.5, 0.6) is 5.75 Å². The molecule has 2 aromatic carbocycles. The van der Waals surface area contributed by atoms with Crippen LogP contribution in [0.3, 0.4) is 0 Å². The van der Waals surface area contributed by atoms with Crippen molar-refractivity contribution >= 4 is 28.7 Å². The smallest absolute Gasteiger partial charge is 0.244 e. The summed E-state index contributed by atoms with van der Waals surface area (Å²) in [6.45, 7) is 0.267. The number of anilines is 1. The van der Waals surface area contributed by atoms with Gasteiger partial charge in [0, 0.05) is 23.6 Å². The Labute approximate surface area is 132 Å². The summed E-state index contributed by atoms with van der Waals surface area (Å²) in [6, 6.07) is 12.5. The highest BCUT2D eigenvalue weighted by molar-refractivity contribution is 5.94. The number of para-hydroxylation sites is 1. The molecule has 0 spiro atoms. The number of hydrogen-bond acceptors (Lipinski definition) is 4. The lowest BCUT2D eigenvalue weighted by molar-refractivity contribution is -0.116. The van der Waals surface area contributed by atoms with Gasteiger partial charge in [0.25, 0.3) is 0 Å². The molecule has 0 aliphatic heterocycles. The molecule has 6 nitrogen and oxygen atoms in total. The molecule has 0 unspecified atom stereocenters. The summed E-state index contributed by atoms with van der Waals surface area (Å²) in [6.07, 6.45) is 3.14. The molecule has 3 rings (SSSR count). The zero-order chi connectivity index (χ0) is 16.2. The highest BCUT2D eigenvalue weighted by atomic mass is 16.3. The molecular formula is C17H16N4O2. The lowest BCUT2D eigenvalue weighted by Gasteiger charge is -2.04. The van der Waals surface area contributed by atoms with Crippen LogP contribution in [-0.4, -0.2) is 21.2 Å². The van der Waals surface area contributed by atoms with Crippen molar-refractivity contribution in [2.75, 3.05) is 5.73 Å². The van der Waals surface area contributed by atoms with Gasteiger partial charge in [0.1, 0.15) is 5.75 Å². The van der Waals surface area contributed by atoms with Gasteiger partial charge in [-0.05, 0) is 29.8 Å². The van der Waals surface area contributed by atoms with Gasteiger partial charge in [0.2, 0.25) is 5.91 Å². The average Bonchev–Trinajstić information content (AvgIpc) is 2.93. The van der Waals surface area contributed by atoms with Crippen molar-refractivity contribution in [3.05, 3.63) is 59.7 Å². The second-order valence-corrected chi connectivity index (χ2v) is 5.09. The molecule has 3 aromatic rings. The maximum absolute atomic E-state index is 11.9. The van der Waals surface area contributed by atoms with E-state index in [1.165, 1.54) is 6.08 Å². The number of nitrogen functional groups attached to an aromatic ring is 1. The van der Waals surface area contributed by atoms with Crippen LogP contribution in [0.15, 0.2) is 48.5 Å². The van der Waals surface area contributed by atoms with Gasteiger partial charge in [0.05, 0.1) is 5.52 Å². The Kier molecular flexibility index (Phi) is 3.97. The van der Waals surface area contributed by atoms with Crippen LogP contribution in [-0.2, 0) is 11.3 Å². The first-order valence-corrected chi connectivity index (χ1v) is 7.10. The number of hydrogen-bond donors (Lipinski definition) is 4. The van der Waals surface area contributed by atoms with E-state index in [0.29, 0.717) is 11.4 Å². The zero-order valence-corrected chi connectivity index (χ0v) is 12.3. The van der Waals surface area contributed by atoms with E-state index in [0.717, 1.165) is 16.5 Å². The van der Waals surface area contributed by atoms with Crippen molar-refractivity contribution in [3.63, 3.8) is 0 Å². The van der Waals surface area contributed by atoms with Crippen LogP contribution in [0.2, 0.25) is 0 Å². The fourth-order valence-electron chi connectivity index (χ4n) is 2.23. The van der Waals surface area contributed by atoms with Crippen LogP contribution in [0.25, 0.3) is 17.0 Å². The van der Waals surface area contributed by atoms with Crippen molar-refractivity contribution in [2.24, 2.45) is 0 Å². The minimum absolute atomic E-state index is 0.165. The first-order chi connectivity index (χ1) is 11.1. The van der Waals surface area contributed by atoms with Gasteiger partial charge in [-0.2, -0.15) is 5.10 Å². The number of amides is 1. The minimum atomic E-state index is -0.242. The van der Waals surface area contributed by atoms with Crippen LogP contribution in [0.1, 0.15) is 11.1 Å². The van der Waals surface area contributed by atoms with Crippen LogP contribution in [0.4, 0.5) is 5.82 Å². The highest BCUT2D eigenvalue weighted by Gasteiger charge is 2.03. The number of H-pyrrole nitrogens is 1. The molecule has 0 fully saturated rings. The number of phenols is 1. The highest BCUT2D eigenvalue weighted by Crippen LogP contribution is 2.19. The first kappa shape index (κ1) is 14.6. The number of fused-ring (bicyclic) bond motifs is 1. The van der Waals surface area contributed by atoms with Gasteiger partial charge in [-0.25, -0.2) is 0 Å². The van der Waals surface area contributed by atoms with Crippen LogP contribution >= 0.6 is 0 Å². The fourth-order valence-corrected chi connectivity index (χ4v) is 2.23. The van der Waals surface area contributed by atoms with Gasteiger partial charge in [-0.15, -0.1) is 0 Å². The molecule has 5 N–H and O–H groups in total. The van der Waals surface area contributed by atoms with Crippen LogP contribution in [0, 0.1) is 0 Å². The number of benzene rings is 2. The predicted octanol–water partition coefficient (Wildman–Crippen LogP) is 2.18. The third-order valence-corrected chi connectivity index (χ3v) is 3.49. The standard InChI is InChI=1S/C17H16N4O2/c18-17-13-9-11(5-7-14(13)20-21-17)6-8-16(23)19-10-12-3-1-2-4-15(12)22/h1-9,22H,10H2,(H,19,23)(H3,18,20,21). The summed E-state index contributed by atoms with van der Waals surface area (Å²) in [5.41, 5.74) is 8.13. The van der Waals surface area contributed by atoms with Crippen LogP contribution < -0.4 is 11.1 Å². The number of nitrogens with two attached hydrogens (primary N) is 1. The van der Waals surface area contributed by atoms with Crippen molar-refractivity contribution in [1.82, 2.24) is 15.5 Å². The van der Waals surface area contributed by atoms with E-state index in [9.17, 15) is 9.90 Å². The normalized spacial score (nSPS) is 11.1. The Morgan fingerprint density at radius 3 is 2.96 bits per heavy atom. The molecule has 6 heteroatoms. The van der Waals surface area contributed by atoms with E-state index in [1.807, 2.05) is 24.3 Å². The second-order valence-electron chi connectivity index (χ2n) is 5.09. The van der Waals surface area contributed by atoms with E-state index >= 15 is 0 Å². The molecular weight excluding hydrogens is 292 g/mol. The number of phenolic OH excluding ortho intramolecular Hbond substituents is 1. The maximum atomic E-state index is 11.9. The topological polar surface area (TPSA) is 104 Å².